The molecule has 0 saturated carbocycles. The lowest BCUT2D eigenvalue weighted by Crippen LogP contribution is -2.29. The molecule has 0 spiro atoms. The molecule has 0 saturated heterocycles. The minimum atomic E-state index is 1.00. The van der Waals surface area contributed by atoms with E-state index < -0.39 is 0 Å². The predicted octanol–water partition coefficient (Wildman–Crippen LogP) is 1.12. The molecule has 0 aliphatic carbocycles. The van der Waals surface area contributed by atoms with Gasteiger partial charge in [0.05, 0.1) is 12.8 Å². The van der Waals surface area contributed by atoms with Gasteiger partial charge in [-0.05, 0) is 13.0 Å². The first-order valence-corrected chi connectivity index (χ1v) is 4.25. The van der Waals surface area contributed by atoms with Crippen LogP contribution in [0.25, 0.3) is 6.08 Å². The number of nitrogens with zero attached hydrogens (tertiary/aromatic N) is 3. The molecule has 3 nitrogen and oxygen atoms in total. The summed E-state index contributed by atoms with van der Waals surface area (Å²) in [6.45, 7) is 1.99. The van der Waals surface area contributed by atoms with E-state index in [1.165, 1.54) is 0 Å². The smallest absolute Gasteiger partial charge is 0.231 e. The average Bonchev–Trinajstić information content (AvgIpc) is 2.38. The van der Waals surface area contributed by atoms with Crippen LogP contribution < -0.4 is 4.57 Å². The summed E-state index contributed by atoms with van der Waals surface area (Å²) in [6.07, 6.45) is 12.0. The second-order valence-electron chi connectivity index (χ2n) is 3.07. The Morgan fingerprint density at radius 3 is 2.92 bits per heavy atom. The Kier molecular flexibility index (Phi) is 1.85. The number of fused-ring (bicyclic) bond motifs is 1. The molecule has 13 heavy (non-hydrogen) atoms. The number of rotatable bonds is 0. The zero-order valence-electron chi connectivity index (χ0n) is 7.81. The predicted molar refractivity (Wildman–Crippen MR) is 52.3 cm³/mol. The molecule has 0 amide bonds. The standard InChI is InChI=1S/C10H12N3/c1-9-5-3-4-6-10-12(2)7-8-13(10)11-9/h3-8H,1-2H3/q+1. The Bertz CT molecular complexity index is 408. The molecule has 3 heteroatoms. The molecule has 1 aliphatic heterocycles. The van der Waals surface area contributed by atoms with Crippen molar-refractivity contribution < 1.29 is 4.57 Å². The van der Waals surface area contributed by atoms with E-state index in [9.17, 15) is 0 Å². The van der Waals surface area contributed by atoms with Gasteiger partial charge in [0.15, 0.2) is 6.20 Å². The van der Waals surface area contributed by atoms with Crippen LogP contribution in [0.1, 0.15) is 12.7 Å². The van der Waals surface area contributed by atoms with Crippen molar-refractivity contribution in [2.24, 2.45) is 12.1 Å². The summed E-state index contributed by atoms with van der Waals surface area (Å²) < 4.78 is 3.90. The third-order valence-corrected chi connectivity index (χ3v) is 1.99. The van der Waals surface area contributed by atoms with Crippen molar-refractivity contribution in [3.05, 3.63) is 36.4 Å². The highest BCUT2D eigenvalue weighted by Crippen LogP contribution is 2.01. The highest BCUT2D eigenvalue weighted by molar-refractivity contribution is 5.93. The maximum absolute atomic E-state index is 4.39. The minimum Gasteiger partial charge on any atom is -0.231 e. The molecule has 0 N–H and O–H groups in total. The second-order valence-corrected chi connectivity index (χ2v) is 3.07. The van der Waals surface area contributed by atoms with Crippen molar-refractivity contribution in [3.63, 3.8) is 0 Å². The van der Waals surface area contributed by atoms with E-state index in [-0.39, 0.29) is 0 Å². The van der Waals surface area contributed by atoms with Crippen LogP contribution in [0, 0.1) is 0 Å². The van der Waals surface area contributed by atoms with Crippen molar-refractivity contribution >= 4 is 11.8 Å². The largest absolute Gasteiger partial charge is 0.306 e. The summed E-state index contributed by atoms with van der Waals surface area (Å²) in [6, 6.07) is 0. The summed E-state index contributed by atoms with van der Waals surface area (Å²) in [5.41, 5.74) is 1.00. The molecule has 2 rings (SSSR count). The van der Waals surface area contributed by atoms with Crippen molar-refractivity contribution in [2.75, 3.05) is 0 Å². The van der Waals surface area contributed by atoms with E-state index >= 15 is 0 Å². The molecular weight excluding hydrogens is 162 g/mol. The summed E-state index contributed by atoms with van der Waals surface area (Å²) in [4.78, 5) is 0. The molecule has 1 aromatic heterocycles. The molecule has 0 radical (unpaired) electrons. The van der Waals surface area contributed by atoms with Gasteiger partial charge in [-0.3, -0.25) is 0 Å². The van der Waals surface area contributed by atoms with E-state index in [1.807, 2.05) is 59.9 Å². The Morgan fingerprint density at radius 1 is 1.31 bits per heavy atom. The molecule has 0 fully saturated rings. The zero-order chi connectivity index (χ0) is 9.26. The van der Waals surface area contributed by atoms with Gasteiger partial charge >= 0.3 is 5.82 Å². The normalized spacial score (nSPS) is 14.8. The van der Waals surface area contributed by atoms with Crippen LogP contribution in [0.5, 0.6) is 0 Å². The molecule has 66 valence electrons. The first-order chi connectivity index (χ1) is 6.27. The van der Waals surface area contributed by atoms with Crippen LogP contribution in [-0.2, 0) is 7.05 Å². The van der Waals surface area contributed by atoms with E-state index in [0.717, 1.165) is 11.5 Å². The number of aryl methyl sites for hydroxylation is 1. The van der Waals surface area contributed by atoms with Crippen LogP contribution in [0.3, 0.4) is 0 Å². The van der Waals surface area contributed by atoms with E-state index in [0.29, 0.717) is 0 Å². The Labute approximate surface area is 77.3 Å². The molecule has 1 aromatic rings. The van der Waals surface area contributed by atoms with Crippen LogP contribution in [0.2, 0.25) is 0 Å². The first-order valence-electron chi connectivity index (χ1n) is 4.25. The third kappa shape index (κ3) is 1.45. The van der Waals surface area contributed by atoms with Gasteiger partial charge in [0.25, 0.3) is 0 Å². The lowest BCUT2D eigenvalue weighted by atomic mass is 10.3. The van der Waals surface area contributed by atoms with Gasteiger partial charge in [-0.25, -0.2) is 4.57 Å². The molecular formula is C10H12N3+. The lowest BCUT2D eigenvalue weighted by molar-refractivity contribution is -0.672. The molecule has 0 bridgehead atoms. The Hall–Kier alpha value is -1.64. The van der Waals surface area contributed by atoms with Gasteiger partial charge in [-0.15, -0.1) is 4.68 Å². The highest BCUT2D eigenvalue weighted by Gasteiger charge is 2.10. The van der Waals surface area contributed by atoms with Crippen molar-refractivity contribution in [3.8, 4) is 0 Å². The van der Waals surface area contributed by atoms with E-state index in [4.69, 9.17) is 0 Å². The summed E-state index contributed by atoms with van der Waals surface area (Å²) in [5, 5.41) is 4.39. The van der Waals surface area contributed by atoms with Crippen LogP contribution in [0.15, 0.2) is 35.7 Å². The molecule has 0 unspecified atom stereocenters. The molecule has 0 aromatic carbocycles. The zero-order valence-corrected chi connectivity index (χ0v) is 7.81. The minimum absolute atomic E-state index is 1.00. The van der Waals surface area contributed by atoms with Crippen LogP contribution in [-0.4, -0.2) is 10.4 Å². The quantitative estimate of drug-likeness (QED) is 0.526. The summed E-state index contributed by atoms with van der Waals surface area (Å²) in [7, 11) is 2.01. The third-order valence-electron chi connectivity index (χ3n) is 1.99. The van der Waals surface area contributed by atoms with Crippen molar-refractivity contribution in [2.45, 2.75) is 6.92 Å². The van der Waals surface area contributed by atoms with Gasteiger partial charge in [0, 0.05) is 6.08 Å². The van der Waals surface area contributed by atoms with E-state index in [2.05, 4.69) is 5.10 Å². The van der Waals surface area contributed by atoms with Gasteiger partial charge < -0.3 is 0 Å². The summed E-state index contributed by atoms with van der Waals surface area (Å²) in [5.74, 6) is 1.07. The molecule has 0 atom stereocenters. The number of allylic oxidation sites excluding steroid dienone is 3. The lowest BCUT2D eigenvalue weighted by Gasteiger charge is -1.94. The number of hydrogen-bond acceptors (Lipinski definition) is 1. The topological polar surface area (TPSA) is 21.2 Å². The number of imidazole rings is 1. The fourth-order valence-electron chi connectivity index (χ4n) is 1.30. The fourth-order valence-corrected chi connectivity index (χ4v) is 1.30. The average molecular weight is 174 g/mol. The van der Waals surface area contributed by atoms with Gasteiger partial charge in [0.2, 0.25) is 0 Å². The first kappa shape index (κ1) is 7.98. The van der Waals surface area contributed by atoms with Crippen LogP contribution >= 0.6 is 0 Å². The maximum atomic E-state index is 4.39. The summed E-state index contributed by atoms with van der Waals surface area (Å²) >= 11 is 0. The van der Waals surface area contributed by atoms with Gasteiger partial charge in [-0.1, -0.05) is 17.3 Å². The number of aromatic nitrogens is 2. The highest BCUT2D eigenvalue weighted by atomic mass is 15.4. The van der Waals surface area contributed by atoms with Crippen molar-refractivity contribution in [1.29, 1.82) is 0 Å². The van der Waals surface area contributed by atoms with Crippen molar-refractivity contribution in [1.82, 2.24) is 4.68 Å². The SMILES string of the molecule is CC1=Nn2cc[n+](C)c2C=CC=C1. The van der Waals surface area contributed by atoms with E-state index in [1.54, 1.807) is 0 Å². The molecule has 2 heterocycles. The number of hydrogen-bond donors (Lipinski definition) is 0. The van der Waals surface area contributed by atoms with Crippen LogP contribution in [0.4, 0.5) is 0 Å². The second kappa shape index (κ2) is 3.01. The Balaban J connectivity index is 2.59. The van der Waals surface area contributed by atoms with Gasteiger partial charge in [-0.2, -0.15) is 0 Å². The van der Waals surface area contributed by atoms with Gasteiger partial charge in [0.1, 0.15) is 6.20 Å². The maximum Gasteiger partial charge on any atom is 0.306 e. The molecule has 1 aliphatic rings. The monoisotopic (exact) mass is 174 g/mol. The fraction of sp³-hybridized carbons (Fsp3) is 0.200. The Morgan fingerprint density at radius 2 is 2.08 bits per heavy atom.